The van der Waals surface area contributed by atoms with E-state index in [1.54, 1.807) is 0 Å². The van der Waals surface area contributed by atoms with Crippen molar-refractivity contribution in [3.63, 3.8) is 0 Å². The Kier molecular flexibility index (Phi) is 9.12. The molecule has 0 fully saturated rings. The van der Waals surface area contributed by atoms with Gasteiger partial charge in [0.1, 0.15) is 0 Å². The summed E-state index contributed by atoms with van der Waals surface area (Å²) in [6.45, 7) is 16.0. The Bertz CT molecular complexity index is 130. The number of hydrogen-bond acceptors (Lipinski definition) is 2. The molecule has 15 heavy (non-hydrogen) atoms. The Morgan fingerprint density at radius 1 is 1.07 bits per heavy atom. The van der Waals surface area contributed by atoms with Gasteiger partial charge in [0, 0.05) is 25.7 Å². The van der Waals surface area contributed by atoms with Crippen LogP contribution < -0.4 is 5.32 Å². The summed E-state index contributed by atoms with van der Waals surface area (Å²) < 4.78 is 0. The number of nitrogens with zero attached hydrogens (tertiary/aromatic N) is 1. The first-order valence-electron chi connectivity index (χ1n) is 6.59. The fraction of sp³-hybridized carbons (Fsp3) is 1.00. The number of likely N-dealkylation sites (N-methyl/N-ethyl adjacent to an activating group) is 1. The zero-order chi connectivity index (χ0) is 11.7. The molecule has 0 aromatic rings. The second-order valence-electron chi connectivity index (χ2n) is 4.68. The Morgan fingerprint density at radius 2 is 1.67 bits per heavy atom. The molecule has 0 atom stereocenters. The van der Waals surface area contributed by atoms with Crippen molar-refractivity contribution >= 4 is 0 Å². The molecule has 0 aliphatic carbocycles. The molecule has 0 aromatic carbocycles. The number of nitrogens with one attached hydrogen (secondary N) is 1. The van der Waals surface area contributed by atoms with Crippen LogP contribution >= 0.6 is 0 Å². The molecule has 92 valence electrons. The van der Waals surface area contributed by atoms with Gasteiger partial charge in [-0.2, -0.15) is 0 Å². The molecule has 0 spiro atoms. The first kappa shape index (κ1) is 14.9. The second-order valence-corrected chi connectivity index (χ2v) is 4.68. The highest BCUT2D eigenvalue weighted by molar-refractivity contribution is 4.65. The van der Waals surface area contributed by atoms with Crippen LogP contribution in [0.1, 0.15) is 47.5 Å². The molecule has 0 bridgehead atoms. The monoisotopic (exact) mass is 214 g/mol. The minimum absolute atomic E-state index is 0.608. The maximum absolute atomic E-state index is 3.48. The Labute approximate surface area is 96.4 Å². The van der Waals surface area contributed by atoms with E-state index in [1.807, 2.05) is 0 Å². The maximum Gasteiger partial charge on any atom is 0.0107 e. The molecule has 0 radical (unpaired) electrons. The fourth-order valence-electron chi connectivity index (χ4n) is 1.80. The van der Waals surface area contributed by atoms with Gasteiger partial charge in [-0.3, -0.25) is 0 Å². The smallest absolute Gasteiger partial charge is 0.0107 e. The van der Waals surface area contributed by atoms with Crippen molar-refractivity contribution in [1.82, 2.24) is 10.2 Å². The summed E-state index contributed by atoms with van der Waals surface area (Å²) in [6, 6.07) is 0.608. The van der Waals surface area contributed by atoms with E-state index in [2.05, 4.69) is 44.8 Å². The van der Waals surface area contributed by atoms with E-state index in [4.69, 9.17) is 0 Å². The standard InChI is InChI=1S/C13H30N2/c1-6-13(7-2)11-15(8-3)10-9-14-12(4)5/h12-14H,6-11H2,1-5H3. The largest absolute Gasteiger partial charge is 0.313 e. The van der Waals surface area contributed by atoms with Crippen molar-refractivity contribution in [2.75, 3.05) is 26.2 Å². The molecule has 0 unspecified atom stereocenters. The van der Waals surface area contributed by atoms with Crippen molar-refractivity contribution in [2.45, 2.75) is 53.5 Å². The van der Waals surface area contributed by atoms with Crippen molar-refractivity contribution in [3.05, 3.63) is 0 Å². The summed E-state index contributed by atoms with van der Waals surface area (Å²) in [7, 11) is 0. The van der Waals surface area contributed by atoms with E-state index in [0.717, 1.165) is 12.5 Å². The molecule has 0 aromatic heterocycles. The van der Waals surface area contributed by atoms with Crippen LogP contribution in [0.5, 0.6) is 0 Å². The van der Waals surface area contributed by atoms with Crippen LogP contribution in [-0.2, 0) is 0 Å². The second kappa shape index (κ2) is 9.17. The fourth-order valence-corrected chi connectivity index (χ4v) is 1.80. The molecule has 1 N–H and O–H groups in total. The lowest BCUT2D eigenvalue weighted by molar-refractivity contribution is 0.232. The zero-order valence-electron chi connectivity index (χ0n) is 11.3. The third kappa shape index (κ3) is 7.80. The molecule has 2 nitrogen and oxygen atoms in total. The summed E-state index contributed by atoms with van der Waals surface area (Å²) in [6.07, 6.45) is 2.62. The molecule has 0 aliphatic rings. The van der Waals surface area contributed by atoms with Gasteiger partial charge in [0.2, 0.25) is 0 Å². The predicted molar refractivity (Wildman–Crippen MR) is 69.3 cm³/mol. The van der Waals surface area contributed by atoms with E-state index >= 15 is 0 Å². The Morgan fingerprint density at radius 3 is 2.07 bits per heavy atom. The van der Waals surface area contributed by atoms with E-state index < -0.39 is 0 Å². The molecular weight excluding hydrogens is 184 g/mol. The van der Waals surface area contributed by atoms with Crippen LogP contribution in [0.2, 0.25) is 0 Å². The van der Waals surface area contributed by atoms with Gasteiger partial charge in [-0.15, -0.1) is 0 Å². The van der Waals surface area contributed by atoms with Crippen LogP contribution in [0.15, 0.2) is 0 Å². The van der Waals surface area contributed by atoms with Crippen LogP contribution in [0.25, 0.3) is 0 Å². The first-order valence-corrected chi connectivity index (χ1v) is 6.59. The van der Waals surface area contributed by atoms with Gasteiger partial charge in [0.05, 0.1) is 0 Å². The zero-order valence-corrected chi connectivity index (χ0v) is 11.3. The van der Waals surface area contributed by atoms with Crippen LogP contribution in [0, 0.1) is 5.92 Å². The van der Waals surface area contributed by atoms with Crippen LogP contribution in [0.3, 0.4) is 0 Å². The molecular formula is C13H30N2. The highest BCUT2D eigenvalue weighted by atomic mass is 15.1. The topological polar surface area (TPSA) is 15.3 Å². The molecule has 0 heterocycles. The van der Waals surface area contributed by atoms with Gasteiger partial charge < -0.3 is 10.2 Å². The lowest BCUT2D eigenvalue weighted by Gasteiger charge is -2.25. The molecule has 0 saturated carbocycles. The average molecular weight is 214 g/mol. The summed E-state index contributed by atoms with van der Waals surface area (Å²) in [4.78, 5) is 2.56. The first-order chi connectivity index (χ1) is 7.13. The molecule has 0 aliphatic heterocycles. The normalized spacial score (nSPS) is 12.0. The van der Waals surface area contributed by atoms with Gasteiger partial charge in [-0.25, -0.2) is 0 Å². The van der Waals surface area contributed by atoms with E-state index in [-0.39, 0.29) is 0 Å². The van der Waals surface area contributed by atoms with Crippen LogP contribution in [-0.4, -0.2) is 37.1 Å². The highest BCUT2D eigenvalue weighted by Gasteiger charge is 2.09. The predicted octanol–water partition coefficient (Wildman–Crippen LogP) is 2.74. The SMILES string of the molecule is CCC(CC)CN(CC)CCNC(C)C. The summed E-state index contributed by atoms with van der Waals surface area (Å²) in [5.41, 5.74) is 0. The van der Waals surface area contributed by atoms with Gasteiger partial charge in [-0.05, 0) is 12.5 Å². The Balaban J connectivity index is 3.71. The Hall–Kier alpha value is -0.0800. The van der Waals surface area contributed by atoms with E-state index in [0.29, 0.717) is 6.04 Å². The van der Waals surface area contributed by atoms with Crippen molar-refractivity contribution in [3.8, 4) is 0 Å². The van der Waals surface area contributed by atoms with E-state index in [9.17, 15) is 0 Å². The van der Waals surface area contributed by atoms with Crippen molar-refractivity contribution in [2.24, 2.45) is 5.92 Å². The summed E-state index contributed by atoms with van der Waals surface area (Å²) in [5, 5.41) is 3.48. The van der Waals surface area contributed by atoms with E-state index in [1.165, 1.54) is 32.5 Å². The van der Waals surface area contributed by atoms with Crippen LogP contribution in [0.4, 0.5) is 0 Å². The van der Waals surface area contributed by atoms with Gasteiger partial charge in [0.25, 0.3) is 0 Å². The average Bonchev–Trinajstić information content (AvgIpc) is 2.22. The van der Waals surface area contributed by atoms with Crippen molar-refractivity contribution in [1.29, 1.82) is 0 Å². The minimum atomic E-state index is 0.608. The van der Waals surface area contributed by atoms with Gasteiger partial charge >= 0.3 is 0 Å². The summed E-state index contributed by atoms with van der Waals surface area (Å²) >= 11 is 0. The van der Waals surface area contributed by atoms with Crippen molar-refractivity contribution < 1.29 is 0 Å². The molecule has 2 heteroatoms. The minimum Gasteiger partial charge on any atom is -0.313 e. The quantitative estimate of drug-likeness (QED) is 0.635. The third-order valence-corrected chi connectivity index (χ3v) is 3.10. The lowest BCUT2D eigenvalue weighted by Crippen LogP contribution is -2.37. The molecule has 0 rings (SSSR count). The van der Waals surface area contributed by atoms with Gasteiger partial charge in [0.15, 0.2) is 0 Å². The lowest BCUT2D eigenvalue weighted by atomic mass is 10.0. The molecule has 0 saturated heterocycles. The number of rotatable bonds is 9. The molecule has 0 amide bonds. The summed E-state index contributed by atoms with van der Waals surface area (Å²) in [5.74, 6) is 0.879. The van der Waals surface area contributed by atoms with Gasteiger partial charge in [-0.1, -0.05) is 47.5 Å². The maximum atomic E-state index is 3.48. The third-order valence-electron chi connectivity index (χ3n) is 3.10. The highest BCUT2D eigenvalue weighted by Crippen LogP contribution is 2.09. The number of hydrogen-bond donors (Lipinski definition) is 1.